The van der Waals surface area contributed by atoms with Gasteiger partial charge in [-0.05, 0) is 36.8 Å². The van der Waals surface area contributed by atoms with Crippen LogP contribution in [0.3, 0.4) is 0 Å². The number of pyridine rings is 1. The maximum atomic E-state index is 10.1. The van der Waals surface area contributed by atoms with Gasteiger partial charge in [-0.15, -0.1) is 0 Å². The van der Waals surface area contributed by atoms with Crippen molar-refractivity contribution in [2.75, 3.05) is 13.2 Å². The summed E-state index contributed by atoms with van der Waals surface area (Å²) in [6, 6.07) is 11.7. The maximum Gasteiger partial charge on any atom is 0.119 e. The summed E-state index contributed by atoms with van der Waals surface area (Å²) in [7, 11) is 0. The molecule has 0 spiro atoms. The predicted octanol–water partition coefficient (Wildman–Crippen LogP) is 2.31. The van der Waals surface area contributed by atoms with Crippen molar-refractivity contribution in [3.8, 4) is 17.0 Å². The van der Waals surface area contributed by atoms with Gasteiger partial charge < -0.3 is 15.2 Å². The number of aliphatic hydroxyl groups is 1. The van der Waals surface area contributed by atoms with E-state index in [1.54, 1.807) is 18.6 Å². The number of ether oxygens (including phenoxy) is 1. The lowest BCUT2D eigenvalue weighted by Gasteiger charge is -2.13. The molecular weight excluding hydrogens is 316 g/mol. The van der Waals surface area contributed by atoms with E-state index in [1.807, 2.05) is 43.3 Å². The number of hydrogen-bond acceptors (Lipinski definition) is 5. The minimum absolute atomic E-state index is 0.247. The van der Waals surface area contributed by atoms with E-state index in [1.165, 1.54) is 0 Å². The van der Waals surface area contributed by atoms with Crippen LogP contribution in [-0.4, -0.2) is 39.5 Å². The van der Waals surface area contributed by atoms with Gasteiger partial charge in [0.05, 0.1) is 11.9 Å². The SMILES string of the molecule is Cc1cccc(OCC(O)CNCc2cn[nH]c2-c2cccnc2)c1. The second kappa shape index (κ2) is 8.41. The zero-order valence-electron chi connectivity index (χ0n) is 14.1. The number of nitrogens with zero attached hydrogens (tertiary/aromatic N) is 2. The first-order valence-electron chi connectivity index (χ1n) is 8.23. The van der Waals surface area contributed by atoms with Crippen molar-refractivity contribution >= 4 is 0 Å². The molecule has 25 heavy (non-hydrogen) atoms. The van der Waals surface area contributed by atoms with Crippen molar-refractivity contribution < 1.29 is 9.84 Å². The van der Waals surface area contributed by atoms with E-state index in [2.05, 4.69) is 20.5 Å². The Morgan fingerprint density at radius 1 is 1.24 bits per heavy atom. The first kappa shape index (κ1) is 17.1. The fourth-order valence-electron chi connectivity index (χ4n) is 2.54. The summed E-state index contributed by atoms with van der Waals surface area (Å²) in [4.78, 5) is 4.12. The van der Waals surface area contributed by atoms with Crippen LogP contribution in [-0.2, 0) is 6.54 Å². The topological polar surface area (TPSA) is 83.1 Å². The van der Waals surface area contributed by atoms with Crippen LogP contribution in [0.15, 0.2) is 55.0 Å². The lowest BCUT2D eigenvalue weighted by molar-refractivity contribution is 0.106. The third kappa shape index (κ3) is 4.89. The highest BCUT2D eigenvalue weighted by Crippen LogP contribution is 2.19. The summed E-state index contributed by atoms with van der Waals surface area (Å²) < 4.78 is 5.61. The summed E-state index contributed by atoms with van der Waals surface area (Å²) >= 11 is 0. The van der Waals surface area contributed by atoms with Crippen LogP contribution >= 0.6 is 0 Å². The number of aryl methyl sites for hydroxylation is 1. The molecule has 0 saturated heterocycles. The largest absolute Gasteiger partial charge is 0.491 e. The normalized spacial score (nSPS) is 12.1. The third-order valence-electron chi connectivity index (χ3n) is 3.80. The first-order chi connectivity index (χ1) is 12.2. The molecule has 1 unspecified atom stereocenters. The third-order valence-corrected chi connectivity index (χ3v) is 3.80. The Morgan fingerprint density at radius 2 is 2.16 bits per heavy atom. The molecule has 0 aliphatic carbocycles. The predicted molar refractivity (Wildman–Crippen MR) is 96.2 cm³/mol. The molecule has 0 aliphatic heterocycles. The van der Waals surface area contributed by atoms with Crippen molar-refractivity contribution in [2.45, 2.75) is 19.6 Å². The molecule has 0 radical (unpaired) electrons. The summed E-state index contributed by atoms with van der Waals surface area (Å²) in [6.45, 7) is 3.29. The molecule has 2 heterocycles. The Kier molecular flexibility index (Phi) is 5.77. The van der Waals surface area contributed by atoms with Gasteiger partial charge in [0.15, 0.2) is 0 Å². The van der Waals surface area contributed by atoms with E-state index in [-0.39, 0.29) is 6.61 Å². The van der Waals surface area contributed by atoms with E-state index in [0.29, 0.717) is 13.1 Å². The summed E-state index contributed by atoms with van der Waals surface area (Å²) in [5, 5.41) is 20.4. The van der Waals surface area contributed by atoms with Crippen LogP contribution in [0, 0.1) is 6.92 Å². The molecule has 3 rings (SSSR count). The Labute approximate surface area is 146 Å². The lowest BCUT2D eigenvalue weighted by atomic mass is 10.1. The number of nitrogens with one attached hydrogen (secondary N) is 2. The van der Waals surface area contributed by atoms with Crippen molar-refractivity contribution in [3.05, 3.63) is 66.1 Å². The molecule has 2 aromatic heterocycles. The minimum atomic E-state index is -0.589. The Balaban J connectivity index is 1.46. The van der Waals surface area contributed by atoms with Crippen LogP contribution in [0.2, 0.25) is 0 Å². The average Bonchev–Trinajstić information content (AvgIpc) is 3.09. The van der Waals surface area contributed by atoms with Crippen LogP contribution in [0.25, 0.3) is 11.3 Å². The van der Waals surface area contributed by atoms with Gasteiger partial charge in [0.2, 0.25) is 0 Å². The highest BCUT2D eigenvalue weighted by molar-refractivity contribution is 5.61. The monoisotopic (exact) mass is 338 g/mol. The van der Waals surface area contributed by atoms with Crippen molar-refractivity contribution in [3.63, 3.8) is 0 Å². The van der Waals surface area contributed by atoms with Gasteiger partial charge in [0.25, 0.3) is 0 Å². The molecule has 0 amide bonds. The van der Waals surface area contributed by atoms with Gasteiger partial charge in [-0.1, -0.05) is 12.1 Å². The Hall–Kier alpha value is -2.70. The quantitative estimate of drug-likeness (QED) is 0.587. The second-order valence-corrected chi connectivity index (χ2v) is 5.92. The van der Waals surface area contributed by atoms with Gasteiger partial charge in [0.1, 0.15) is 18.5 Å². The molecule has 0 aliphatic rings. The zero-order valence-corrected chi connectivity index (χ0v) is 14.1. The van der Waals surface area contributed by atoms with E-state index in [9.17, 15) is 5.11 Å². The van der Waals surface area contributed by atoms with Crippen LogP contribution in [0.1, 0.15) is 11.1 Å². The summed E-state index contributed by atoms with van der Waals surface area (Å²) in [6.07, 6.45) is 4.73. The molecule has 1 atom stereocenters. The zero-order chi connectivity index (χ0) is 17.5. The highest BCUT2D eigenvalue weighted by atomic mass is 16.5. The summed E-state index contributed by atoms with van der Waals surface area (Å²) in [5.74, 6) is 0.771. The molecule has 3 N–H and O–H groups in total. The number of benzene rings is 1. The van der Waals surface area contributed by atoms with Crippen molar-refractivity contribution in [1.82, 2.24) is 20.5 Å². The Bertz CT molecular complexity index is 789. The number of aliphatic hydroxyl groups excluding tert-OH is 1. The van der Waals surface area contributed by atoms with Gasteiger partial charge >= 0.3 is 0 Å². The van der Waals surface area contributed by atoms with E-state index >= 15 is 0 Å². The second-order valence-electron chi connectivity index (χ2n) is 5.92. The average molecular weight is 338 g/mol. The van der Waals surface area contributed by atoms with Gasteiger partial charge in [0, 0.05) is 36.6 Å². The number of aromatic nitrogens is 3. The molecule has 6 nitrogen and oxygen atoms in total. The number of hydrogen-bond donors (Lipinski definition) is 3. The fraction of sp³-hybridized carbons (Fsp3) is 0.263. The molecule has 0 saturated carbocycles. The number of aromatic amines is 1. The van der Waals surface area contributed by atoms with E-state index in [4.69, 9.17) is 4.74 Å². The molecule has 3 aromatic rings. The lowest BCUT2D eigenvalue weighted by Crippen LogP contribution is -2.31. The van der Waals surface area contributed by atoms with E-state index < -0.39 is 6.10 Å². The minimum Gasteiger partial charge on any atom is -0.491 e. The number of rotatable bonds is 8. The molecule has 6 heteroatoms. The fourth-order valence-corrected chi connectivity index (χ4v) is 2.54. The van der Waals surface area contributed by atoms with Crippen molar-refractivity contribution in [1.29, 1.82) is 0 Å². The highest BCUT2D eigenvalue weighted by Gasteiger charge is 2.09. The van der Waals surface area contributed by atoms with Gasteiger partial charge in [-0.25, -0.2) is 0 Å². The van der Waals surface area contributed by atoms with Crippen LogP contribution < -0.4 is 10.1 Å². The van der Waals surface area contributed by atoms with E-state index in [0.717, 1.165) is 28.1 Å². The molecular formula is C19H22N4O2. The van der Waals surface area contributed by atoms with Gasteiger partial charge in [-0.3, -0.25) is 10.1 Å². The molecule has 0 bridgehead atoms. The molecule has 130 valence electrons. The van der Waals surface area contributed by atoms with Crippen LogP contribution in [0.4, 0.5) is 0 Å². The molecule has 0 fully saturated rings. The van der Waals surface area contributed by atoms with Crippen LogP contribution in [0.5, 0.6) is 5.75 Å². The first-order valence-corrected chi connectivity index (χ1v) is 8.23. The molecule has 1 aromatic carbocycles. The Morgan fingerprint density at radius 3 is 2.96 bits per heavy atom. The number of H-pyrrole nitrogens is 1. The van der Waals surface area contributed by atoms with Gasteiger partial charge in [-0.2, -0.15) is 5.10 Å². The summed E-state index contributed by atoms with van der Waals surface area (Å²) in [5.41, 5.74) is 4.08. The van der Waals surface area contributed by atoms with Crippen molar-refractivity contribution in [2.24, 2.45) is 0 Å². The maximum absolute atomic E-state index is 10.1. The smallest absolute Gasteiger partial charge is 0.119 e. The standard InChI is InChI=1S/C19H22N4O2/c1-14-4-2-6-18(8-14)25-13-17(24)12-21-10-16-11-22-23-19(16)15-5-3-7-20-9-15/h2-9,11,17,21,24H,10,12-13H2,1H3,(H,22,23).